The predicted molar refractivity (Wildman–Crippen MR) is 59.5 cm³/mol. The minimum absolute atomic E-state index is 0.476. The van der Waals surface area contributed by atoms with Crippen molar-refractivity contribution in [2.24, 2.45) is 11.8 Å². The van der Waals surface area contributed by atoms with E-state index >= 15 is 0 Å². The highest BCUT2D eigenvalue weighted by molar-refractivity contribution is 6.30. The molecule has 2 unspecified atom stereocenters. The summed E-state index contributed by atoms with van der Waals surface area (Å²) in [6.45, 7) is 10.9. The van der Waals surface area contributed by atoms with Crippen LogP contribution in [0.4, 0.5) is 0 Å². The molecule has 0 spiro atoms. The molecule has 1 aromatic rings. The van der Waals surface area contributed by atoms with Crippen molar-refractivity contribution in [3.8, 4) is 0 Å². The van der Waals surface area contributed by atoms with Crippen molar-refractivity contribution in [3.05, 3.63) is 11.9 Å². The Balaban J connectivity index is 2.73. The lowest BCUT2D eigenvalue weighted by Gasteiger charge is -2.21. The summed E-state index contributed by atoms with van der Waals surface area (Å²) in [5.74, 6) is 1.79. The van der Waals surface area contributed by atoms with Crippen LogP contribution in [-0.4, -0.2) is 22.3 Å². The van der Waals surface area contributed by atoms with Crippen molar-refractivity contribution in [1.29, 1.82) is 0 Å². The fourth-order valence-corrected chi connectivity index (χ4v) is 1.47. The molecule has 14 heavy (non-hydrogen) atoms. The lowest BCUT2D eigenvalue weighted by atomic mass is 9.84. The normalized spacial score (nSPS) is 15.6. The first-order valence-corrected chi connectivity index (χ1v) is 5.27. The molecule has 0 aliphatic rings. The topological polar surface area (TPSA) is 30.7 Å². The van der Waals surface area contributed by atoms with Crippen LogP contribution >= 0.6 is 0 Å². The number of rotatable bonds is 4. The molecule has 1 aromatic heterocycles. The Labute approximate surface area is 87.2 Å². The number of hydrogen-bond acceptors (Lipinski definition) is 2. The van der Waals surface area contributed by atoms with E-state index in [2.05, 4.69) is 38.0 Å². The standard InChI is InChI=1S/C10H19BN3/c1-7(2)8(3)9(4)10-6-14(11-5)13-12-10/h6-9H,1-5H3. The predicted octanol–water partition coefficient (Wildman–Crippen LogP) is 2.19. The van der Waals surface area contributed by atoms with Crippen molar-refractivity contribution in [2.45, 2.75) is 40.4 Å². The van der Waals surface area contributed by atoms with Crippen molar-refractivity contribution >= 4 is 7.41 Å². The van der Waals surface area contributed by atoms with Gasteiger partial charge in [0.1, 0.15) is 0 Å². The van der Waals surface area contributed by atoms with Gasteiger partial charge in [0.05, 0.1) is 5.69 Å². The molecular weight excluding hydrogens is 173 g/mol. The zero-order valence-electron chi connectivity index (χ0n) is 9.73. The maximum absolute atomic E-state index is 4.17. The van der Waals surface area contributed by atoms with Gasteiger partial charge in [-0.25, -0.2) is 0 Å². The van der Waals surface area contributed by atoms with Crippen molar-refractivity contribution in [1.82, 2.24) is 14.9 Å². The highest BCUT2D eigenvalue weighted by Gasteiger charge is 2.19. The first kappa shape index (κ1) is 11.3. The average Bonchev–Trinajstić information content (AvgIpc) is 2.63. The minimum Gasteiger partial charge on any atom is -0.304 e. The van der Waals surface area contributed by atoms with Gasteiger partial charge in [-0.3, -0.25) is 0 Å². The zero-order chi connectivity index (χ0) is 10.7. The van der Waals surface area contributed by atoms with Gasteiger partial charge in [0, 0.05) is 12.1 Å². The van der Waals surface area contributed by atoms with Crippen LogP contribution in [0.1, 0.15) is 39.3 Å². The Bertz CT molecular complexity index is 283. The van der Waals surface area contributed by atoms with Crippen LogP contribution < -0.4 is 0 Å². The summed E-state index contributed by atoms with van der Waals surface area (Å²) >= 11 is 0. The van der Waals surface area contributed by atoms with Gasteiger partial charge in [-0.15, -0.1) is 5.10 Å². The molecule has 1 rings (SSSR count). The molecule has 3 nitrogen and oxygen atoms in total. The lowest BCUT2D eigenvalue weighted by molar-refractivity contribution is 0.358. The quantitative estimate of drug-likeness (QED) is 0.684. The summed E-state index contributed by atoms with van der Waals surface area (Å²) in [5.41, 5.74) is 1.09. The van der Waals surface area contributed by atoms with E-state index in [-0.39, 0.29) is 0 Å². The van der Waals surface area contributed by atoms with E-state index in [1.54, 1.807) is 4.59 Å². The third-order valence-electron chi connectivity index (χ3n) is 3.10. The summed E-state index contributed by atoms with van der Waals surface area (Å²) in [6, 6.07) is 0. The van der Waals surface area contributed by atoms with E-state index in [9.17, 15) is 0 Å². The highest BCUT2D eigenvalue weighted by Crippen LogP contribution is 2.27. The zero-order valence-corrected chi connectivity index (χ0v) is 9.73. The van der Waals surface area contributed by atoms with Gasteiger partial charge in [-0.05, 0) is 11.8 Å². The van der Waals surface area contributed by atoms with Crippen molar-refractivity contribution in [3.63, 3.8) is 0 Å². The van der Waals surface area contributed by atoms with Gasteiger partial charge < -0.3 is 4.59 Å². The second kappa shape index (κ2) is 4.62. The summed E-state index contributed by atoms with van der Waals surface area (Å²) in [4.78, 5) is 0. The number of nitrogens with zero attached hydrogens (tertiary/aromatic N) is 3. The maximum atomic E-state index is 4.17. The Morgan fingerprint density at radius 3 is 2.36 bits per heavy atom. The molecule has 0 amide bonds. The molecule has 77 valence electrons. The molecule has 0 fully saturated rings. The molecule has 0 bridgehead atoms. The third-order valence-corrected chi connectivity index (χ3v) is 3.10. The van der Waals surface area contributed by atoms with Crippen LogP contribution in [0, 0.1) is 11.8 Å². The van der Waals surface area contributed by atoms with Crippen molar-refractivity contribution < 1.29 is 0 Å². The lowest BCUT2D eigenvalue weighted by Crippen LogP contribution is -2.13. The van der Waals surface area contributed by atoms with Crippen LogP contribution in [-0.2, 0) is 0 Å². The Morgan fingerprint density at radius 2 is 1.93 bits per heavy atom. The van der Waals surface area contributed by atoms with E-state index in [4.69, 9.17) is 0 Å². The summed E-state index contributed by atoms with van der Waals surface area (Å²) in [6.07, 6.45) is 2.00. The number of hydrogen-bond donors (Lipinski definition) is 0. The van der Waals surface area contributed by atoms with Crippen LogP contribution in [0.5, 0.6) is 0 Å². The Kier molecular flexibility index (Phi) is 3.73. The maximum Gasteiger partial charge on any atom is 0.278 e. The fourth-order valence-electron chi connectivity index (χ4n) is 1.47. The average molecular weight is 192 g/mol. The van der Waals surface area contributed by atoms with Crippen LogP contribution in [0.2, 0.25) is 6.82 Å². The van der Waals surface area contributed by atoms with E-state index in [0.29, 0.717) is 17.8 Å². The second-order valence-corrected chi connectivity index (χ2v) is 4.27. The third kappa shape index (κ3) is 2.37. The largest absolute Gasteiger partial charge is 0.304 e. The Hall–Kier alpha value is -0.795. The minimum atomic E-state index is 0.476. The van der Waals surface area contributed by atoms with Gasteiger partial charge in [-0.1, -0.05) is 39.7 Å². The smallest absolute Gasteiger partial charge is 0.278 e. The van der Waals surface area contributed by atoms with E-state index < -0.39 is 0 Å². The van der Waals surface area contributed by atoms with Crippen LogP contribution in [0.25, 0.3) is 0 Å². The summed E-state index contributed by atoms with van der Waals surface area (Å²) in [7, 11) is 1.91. The van der Waals surface area contributed by atoms with E-state index in [1.807, 2.05) is 20.4 Å². The molecule has 0 aliphatic heterocycles. The highest BCUT2D eigenvalue weighted by atomic mass is 15.4. The van der Waals surface area contributed by atoms with Gasteiger partial charge >= 0.3 is 0 Å². The molecule has 0 saturated carbocycles. The van der Waals surface area contributed by atoms with Gasteiger partial charge in [0.15, 0.2) is 0 Å². The van der Waals surface area contributed by atoms with Crippen LogP contribution in [0.15, 0.2) is 6.20 Å². The first-order chi connectivity index (χ1) is 6.56. The molecule has 0 aromatic carbocycles. The second-order valence-electron chi connectivity index (χ2n) is 4.27. The molecule has 0 saturated heterocycles. The van der Waals surface area contributed by atoms with Gasteiger partial charge in [-0.2, -0.15) is 0 Å². The van der Waals surface area contributed by atoms with Gasteiger partial charge in [0.25, 0.3) is 7.41 Å². The monoisotopic (exact) mass is 192 g/mol. The molecule has 0 N–H and O–H groups in total. The van der Waals surface area contributed by atoms with Gasteiger partial charge in [0.2, 0.25) is 0 Å². The number of aromatic nitrogens is 3. The van der Waals surface area contributed by atoms with E-state index in [0.717, 1.165) is 5.69 Å². The molecule has 0 aliphatic carbocycles. The molecule has 1 heterocycles. The Morgan fingerprint density at radius 1 is 1.29 bits per heavy atom. The fraction of sp³-hybridized carbons (Fsp3) is 0.800. The molecule has 1 radical (unpaired) electrons. The first-order valence-electron chi connectivity index (χ1n) is 5.27. The summed E-state index contributed by atoms with van der Waals surface area (Å²) in [5, 5.41) is 8.18. The molecule has 4 heteroatoms. The van der Waals surface area contributed by atoms with E-state index in [1.165, 1.54) is 0 Å². The molecular formula is C10H19BN3. The summed E-state index contributed by atoms with van der Waals surface area (Å²) < 4.78 is 1.76. The van der Waals surface area contributed by atoms with Crippen molar-refractivity contribution in [2.75, 3.05) is 0 Å². The SMILES string of the molecule is C[B]n1cc(C(C)C(C)C(C)C)nn1. The molecule has 2 atom stereocenters. The van der Waals surface area contributed by atoms with Crippen LogP contribution in [0.3, 0.4) is 0 Å².